The van der Waals surface area contributed by atoms with Crippen LogP contribution in [0, 0.1) is 0 Å². The molecule has 0 aliphatic carbocycles. The molecule has 10 atom stereocenters. The number of imidazole rings is 1. The van der Waals surface area contributed by atoms with Gasteiger partial charge in [-0.25, -0.2) is 19.1 Å². The molecular formula is C27H34N8O14P2S. The highest BCUT2D eigenvalue weighted by molar-refractivity contribution is 7.61. The monoisotopic (exact) mass is 788 g/mol. The van der Waals surface area contributed by atoms with Crippen LogP contribution in [0.25, 0.3) is 11.2 Å². The molecule has 5 heterocycles. The number of fused-ring (bicyclic) bond motifs is 1. The molecular weight excluding hydrogens is 754 g/mol. The number of nitrogen functional groups attached to an aromatic ring is 1. The average molecular weight is 789 g/mol. The van der Waals surface area contributed by atoms with Gasteiger partial charge in [-0.05, 0) is 12.0 Å². The molecule has 6 rings (SSSR count). The van der Waals surface area contributed by atoms with Gasteiger partial charge < -0.3 is 56.5 Å². The van der Waals surface area contributed by atoms with Crippen LogP contribution in [0.2, 0.25) is 0 Å². The Morgan fingerprint density at radius 2 is 1.60 bits per heavy atom. The van der Waals surface area contributed by atoms with Crippen LogP contribution < -0.4 is 16.8 Å². The number of hydrogen-bond acceptors (Lipinski definition) is 19. The Hall–Kier alpha value is -3.51. The molecule has 2 saturated heterocycles. The number of anilines is 2. The minimum absolute atomic E-state index is 0.0243. The molecule has 2 aliphatic rings. The van der Waals surface area contributed by atoms with Gasteiger partial charge in [-0.1, -0.05) is 30.3 Å². The van der Waals surface area contributed by atoms with Crippen LogP contribution in [0.1, 0.15) is 33.4 Å². The van der Waals surface area contributed by atoms with Gasteiger partial charge in [-0.3, -0.25) is 18.4 Å². The number of primary amides is 1. The molecule has 0 saturated carbocycles. The van der Waals surface area contributed by atoms with Crippen molar-refractivity contribution < 1.29 is 67.0 Å². The molecule has 4 aromatic rings. The third kappa shape index (κ3) is 8.48. The number of phosphoric ester groups is 2. The average Bonchev–Trinajstić information content (AvgIpc) is 3.87. The number of ether oxygens (including phenoxy) is 2. The fourth-order valence-electron chi connectivity index (χ4n) is 5.40. The number of nitrogens with one attached hydrogen (secondary N) is 1. The second-order valence-electron chi connectivity index (χ2n) is 11.6. The number of carbonyl (C=O) groups is 1. The molecule has 52 heavy (non-hydrogen) atoms. The first-order valence-corrected chi connectivity index (χ1v) is 19.2. The zero-order valence-electron chi connectivity index (χ0n) is 26.6. The molecule has 1 amide bonds. The van der Waals surface area contributed by atoms with E-state index in [1.54, 1.807) is 0 Å². The van der Waals surface area contributed by atoms with Crippen molar-refractivity contribution in [1.82, 2.24) is 24.5 Å². The standard InChI is InChI=1S/C27H34N8O14P2S/c28-22-16-24(34-27(33-22)30-7-6-12-4-2-1-3-5-12)35(11-31-16)26-20(39)18(37)15(48-26)9-46-51(43,44)49-50(41,42)45-8-14-17(36)19(38)21(47-14)25-32-13(10-52-25)23(29)40/h1-5,10-11,14-15,17-21,26,36-39H,6-9H2,(H2,29,40)(H,41,42)(H,43,44)(H3,28,30,33,34)/t14-,15-,17-,18-,19-,20-,21-,26-/m1/s1. The van der Waals surface area contributed by atoms with Gasteiger partial charge in [0.15, 0.2) is 17.7 Å². The van der Waals surface area contributed by atoms with Crippen LogP contribution in [-0.4, -0.2) is 117 Å². The quantitative estimate of drug-likeness (QED) is 0.0676. The normalized spacial score (nSPS) is 28.5. The molecule has 0 radical (unpaired) electrons. The van der Waals surface area contributed by atoms with Crippen molar-refractivity contribution in [2.45, 2.75) is 55.4 Å². The molecule has 11 N–H and O–H groups in total. The van der Waals surface area contributed by atoms with Crippen LogP contribution >= 0.6 is 27.0 Å². The van der Waals surface area contributed by atoms with E-state index in [4.69, 9.17) is 30.0 Å². The van der Waals surface area contributed by atoms with Gasteiger partial charge in [0.05, 0.1) is 19.5 Å². The van der Waals surface area contributed by atoms with Crippen molar-refractivity contribution >= 4 is 55.8 Å². The predicted octanol–water partition coefficient (Wildman–Crippen LogP) is -0.650. The SMILES string of the molecule is NC(=O)c1csc([C@@H]2O[C@H](COP(=O)(O)OP(=O)(O)OC[C@H]3O[C@@H](n4cnc5c(N)nc(NCCc6ccccc6)nc54)[C@H](O)[C@@H]3O)[C@@H](O)[C@H]2O)n1. The van der Waals surface area contributed by atoms with Gasteiger partial charge in [0.1, 0.15) is 58.9 Å². The maximum absolute atomic E-state index is 12.6. The van der Waals surface area contributed by atoms with Gasteiger partial charge in [-0.2, -0.15) is 14.3 Å². The van der Waals surface area contributed by atoms with Crippen molar-refractivity contribution in [3.05, 3.63) is 58.3 Å². The lowest BCUT2D eigenvalue weighted by molar-refractivity contribution is -0.0507. The predicted molar refractivity (Wildman–Crippen MR) is 177 cm³/mol. The highest BCUT2D eigenvalue weighted by atomic mass is 32.1. The van der Waals surface area contributed by atoms with E-state index in [9.17, 15) is 44.1 Å². The summed E-state index contributed by atoms with van der Waals surface area (Å²) in [5.41, 5.74) is 12.5. The highest BCUT2D eigenvalue weighted by Gasteiger charge is 2.48. The number of aromatic nitrogens is 5. The first-order valence-electron chi connectivity index (χ1n) is 15.3. The third-order valence-electron chi connectivity index (χ3n) is 7.99. The van der Waals surface area contributed by atoms with E-state index in [1.807, 2.05) is 30.3 Å². The number of nitrogens with zero attached hydrogens (tertiary/aromatic N) is 5. The summed E-state index contributed by atoms with van der Waals surface area (Å²) in [4.78, 5) is 48.3. The van der Waals surface area contributed by atoms with Crippen LogP contribution in [0.3, 0.4) is 0 Å². The smallest absolute Gasteiger partial charge is 0.387 e. The van der Waals surface area contributed by atoms with Crippen molar-refractivity contribution in [1.29, 1.82) is 0 Å². The Balaban J connectivity index is 1.03. The zero-order valence-corrected chi connectivity index (χ0v) is 29.2. The summed E-state index contributed by atoms with van der Waals surface area (Å²) in [7, 11) is -10.8. The Morgan fingerprint density at radius 3 is 2.25 bits per heavy atom. The number of amides is 1. The van der Waals surface area contributed by atoms with Gasteiger partial charge in [0.25, 0.3) is 5.91 Å². The van der Waals surface area contributed by atoms with Gasteiger partial charge in [0, 0.05) is 11.9 Å². The molecule has 25 heteroatoms. The van der Waals surface area contributed by atoms with E-state index in [0.29, 0.717) is 13.0 Å². The molecule has 0 spiro atoms. The summed E-state index contributed by atoms with van der Waals surface area (Å²) in [6.45, 7) is -1.36. The van der Waals surface area contributed by atoms with Crippen LogP contribution in [-0.2, 0) is 38.4 Å². The second-order valence-corrected chi connectivity index (χ2v) is 15.5. The first kappa shape index (κ1) is 38.2. The molecule has 1 aromatic carbocycles. The Labute approximate surface area is 297 Å². The number of aliphatic hydroxyl groups is 4. The summed E-state index contributed by atoms with van der Waals surface area (Å²) in [6, 6.07) is 9.67. The number of rotatable bonds is 15. The fourth-order valence-corrected chi connectivity index (χ4v) is 8.37. The van der Waals surface area contributed by atoms with Crippen molar-refractivity contribution in [2.75, 3.05) is 30.8 Å². The van der Waals surface area contributed by atoms with Crippen LogP contribution in [0.15, 0.2) is 42.0 Å². The molecule has 2 aliphatic heterocycles. The minimum Gasteiger partial charge on any atom is -0.387 e. The number of aliphatic hydroxyl groups excluding tert-OH is 4. The number of phosphoric acid groups is 2. The number of thiazole rings is 1. The number of benzene rings is 1. The maximum atomic E-state index is 12.6. The Morgan fingerprint density at radius 1 is 0.942 bits per heavy atom. The summed E-state index contributed by atoms with van der Waals surface area (Å²) in [5, 5.41) is 46.6. The summed E-state index contributed by atoms with van der Waals surface area (Å²) < 4.78 is 51.4. The van der Waals surface area contributed by atoms with Crippen molar-refractivity contribution in [3.63, 3.8) is 0 Å². The van der Waals surface area contributed by atoms with E-state index in [1.165, 1.54) is 16.3 Å². The third-order valence-corrected chi connectivity index (χ3v) is 11.5. The highest BCUT2D eigenvalue weighted by Crippen LogP contribution is 2.61. The maximum Gasteiger partial charge on any atom is 0.481 e. The van der Waals surface area contributed by atoms with E-state index in [0.717, 1.165) is 16.9 Å². The number of carbonyl (C=O) groups excluding carboxylic acids is 1. The lowest BCUT2D eigenvalue weighted by Gasteiger charge is -2.20. The largest absolute Gasteiger partial charge is 0.481 e. The lowest BCUT2D eigenvalue weighted by Crippen LogP contribution is -2.33. The van der Waals surface area contributed by atoms with Gasteiger partial charge >= 0.3 is 15.6 Å². The van der Waals surface area contributed by atoms with Crippen LogP contribution in [0.4, 0.5) is 11.8 Å². The summed E-state index contributed by atoms with van der Waals surface area (Å²) >= 11 is 0.907. The van der Waals surface area contributed by atoms with Crippen LogP contribution in [0.5, 0.6) is 0 Å². The molecule has 0 bridgehead atoms. The minimum atomic E-state index is -5.41. The molecule has 282 valence electrons. The number of nitrogens with two attached hydrogens (primary N) is 2. The van der Waals surface area contributed by atoms with E-state index >= 15 is 0 Å². The van der Waals surface area contributed by atoms with Gasteiger partial charge in [0.2, 0.25) is 5.95 Å². The summed E-state index contributed by atoms with van der Waals surface area (Å²) in [5.74, 6) is -0.650. The molecule has 3 aromatic heterocycles. The zero-order chi connectivity index (χ0) is 37.4. The van der Waals surface area contributed by atoms with E-state index in [-0.39, 0.29) is 33.6 Å². The lowest BCUT2D eigenvalue weighted by atomic mass is 10.1. The van der Waals surface area contributed by atoms with E-state index < -0.39 is 83.7 Å². The fraction of sp³-hybridized carbons (Fsp3) is 0.444. The van der Waals surface area contributed by atoms with Gasteiger partial charge in [-0.15, -0.1) is 11.3 Å². The molecule has 2 fully saturated rings. The molecule has 22 nitrogen and oxygen atoms in total. The topological polar surface area (TPSA) is 339 Å². The first-order chi connectivity index (χ1) is 24.6. The Bertz CT molecular complexity index is 1990. The van der Waals surface area contributed by atoms with Crippen molar-refractivity contribution in [2.24, 2.45) is 5.73 Å². The second kappa shape index (κ2) is 15.5. The molecule has 2 unspecified atom stereocenters. The summed E-state index contributed by atoms with van der Waals surface area (Å²) in [6.07, 6.45) is -10.2. The van der Waals surface area contributed by atoms with E-state index in [2.05, 4.69) is 29.6 Å². The number of hydrogen-bond donors (Lipinski definition) is 9. The van der Waals surface area contributed by atoms with Crippen molar-refractivity contribution in [3.8, 4) is 0 Å². The Kier molecular flexibility index (Phi) is 11.4.